The summed E-state index contributed by atoms with van der Waals surface area (Å²) >= 11 is 0. The van der Waals surface area contributed by atoms with Crippen LogP contribution >= 0.6 is 0 Å². The first kappa shape index (κ1) is 25.2. The maximum absolute atomic E-state index is 13.9. The van der Waals surface area contributed by atoms with Crippen LogP contribution in [-0.2, 0) is 26.0 Å². The van der Waals surface area contributed by atoms with Crippen molar-refractivity contribution in [3.05, 3.63) is 59.2 Å². The lowest BCUT2D eigenvalue weighted by Gasteiger charge is -2.32. The fourth-order valence-electron chi connectivity index (χ4n) is 4.26. The van der Waals surface area contributed by atoms with Crippen LogP contribution in [0.4, 0.5) is 5.69 Å². The lowest BCUT2D eigenvalue weighted by molar-refractivity contribution is 0.0729. The molecular formula is C26H31N3O5S. The van der Waals surface area contributed by atoms with E-state index in [0.717, 1.165) is 11.1 Å². The number of carbonyl (C=O) groups is 1. The van der Waals surface area contributed by atoms with Gasteiger partial charge in [0.1, 0.15) is 0 Å². The van der Waals surface area contributed by atoms with Crippen LogP contribution in [0, 0.1) is 19.3 Å². The number of hydrogen-bond acceptors (Lipinski definition) is 6. The maximum atomic E-state index is 13.9. The minimum Gasteiger partial charge on any atom is -0.379 e. The zero-order valence-electron chi connectivity index (χ0n) is 20.0. The molecule has 0 N–H and O–H groups in total. The second-order valence-corrected chi connectivity index (χ2v) is 10.6. The molecule has 2 aromatic rings. The van der Waals surface area contributed by atoms with Crippen LogP contribution in [0.15, 0.2) is 47.4 Å². The molecule has 8 nitrogen and oxygen atoms in total. The quantitative estimate of drug-likeness (QED) is 0.546. The number of anilines is 1. The number of carbonyl (C=O) groups excluding carboxylic acids is 1. The third kappa shape index (κ3) is 5.85. The highest BCUT2D eigenvalue weighted by Crippen LogP contribution is 2.29. The largest absolute Gasteiger partial charge is 0.379 e. The van der Waals surface area contributed by atoms with Gasteiger partial charge in [0, 0.05) is 38.4 Å². The summed E-state index contributed by atoms with van der Waals surface area (Å²) in [7, 11) is -3.77. The molecule has 9 heteroatoms. The normalized spacial score (nSPS) is 17.1. The second-order valence-electron chi connectivity index (χ2n) is 8.65. The summed E-state index contributed by atoms with van der Waals surface area (Å²) in [6.45, 7) is 6.02. The van der Waals surface area contributed by atoms with Crippen LogP contribution in [-0.4, -0.2) is 82.7 Å². The molecule has 0 aromatic heterocycles. The second kappa shape index (κ2) is 11.2. The summed E-state index contributed by atoms with van der Waals surface area (Å²) in [5.41, 5.74) is 3.08. The van der Waals surface area contributed by atoms with E-state index in [-0.39, 0.29) is 30.4 Å². The Hall–Kier alpha value is -2.90. The molecule has 186 valence electrons. The van der Waals surface area contributed by atoms with Gasteiger partial charge in [0.2, 0.25) is 10.0 Å². The van der Waals surface area contributed by atoms with Crippen LogP contribution in [0.1, 0.15) is 21.5 Å². The Balaban J connectivity index is 1.72. The number of morpholine rings is 2. The molecule has 0 saturated carbocycles. The molecule has 2 aromatic carbocycles. The van der Waals surface area contributed by atoms with E-state index in [1.165, 1.54) is 10.4 Å². The van der Waals surface area contributed by atoms with Crippen LogP contribution in [0.3, 0.4) is 0 Å². The van der Waals surface area contributed by atoms with Crippen LogP contribution in [0.2, 0.25) is 0 Å². The zero-order chi connectivity index (χ0) is 24.8. The van der Waals surface area contributed by atoms with Crippen molar-refractivity contribution in [2.75, 3.05) is 64.1 Å². The molecule has 2 fully saturated rings. The maximum Gasteiger partial charge on any atom is 0.257 e. The number of amides is 1. The lowest BCUT2D eigenvalue weighted by atomic mass is 10.1. The summed E-state index contributed by atoms with van der Waals surface area (Å²) in [6, 6.07) is 12.7. The number of benzene rings is 2. The highest BCUT2D eigenvalue weighted by Gasteiger charge is 2.30. The number of ether oxygens (including phenoxy) is 2. The van der Waals surface area contributed by atoms with Gasteiger partial charge in [-0.3, -0.25) is 4.79 Å². The van der Waals surface area contributed by atoms with Gasteiger partial charge < -0.3 is 19.3 Å². The number of hydrogen-bond donors (Lipinski definition) is 0. The minimum absolute atomic E-state index is 0.0933. The molecule has 2 saturated heterocycles. The first-order valence-electron chi connectivity index (χ1n) is 11.7. The van der Waals surface area contributed by atoms with Gasteiger partial charge in [-0.2, -0.15) is 4.31 Å². The molecule has 0 unspecified atom stereocenters. The molecule has 0 spiro atoms. The summed E-state index contributed by atoms with van der Waals surface area (Å²) in [5, 5.41) is 0. The standard InChI is InChI=1S/C26H31N3O5S/c1-3-10-28(20-22-6-4-21(2)5-7-22)26(30)24-19-23(35(31,32)29-13-17-34-18-14-29)8-9-25(24)27-11-15-33-16-12-27/h1,4-9,19H,10-18,20H2,2H3. The average Bonchev–Trinajstić information content (AvgIpc) is 2.90. The fourth-order valence-corrected chi connectivity index (χ4v) is 5.69. The van der Waals surface area contributed by atoms with Gasteiger partial charge >= 0.3 is 0 Å². The monoisotopic (exact) mass is 497 g/mol. The Kier molecular flexibility index (Phi) is 8.08. The van der Waals surface area contributed by atoms with Crippen molar-refractivity contribution in [2.45, 2.75) is 18.4 Å². The fraction of sp³-hybridized carbons (Fsp3) is 0.423. The zero-order valence-corrected chi connectivity index (χ0v) is 20.8. The van der Waals surface area contributed by atoms with E-state index in [2.05, 4.69) is 10.8 Å². The number of rotatable bonds is 7. The van der Waals surface area contributed by atoms with Gasteiger partial charge in [0.25, 0.3) is 5.91 Å². The van der Waals surface area contributed by atoms with E-state index >= 15 is 0 Å². The topological polar surface area (TPSA) is 79.4 Å². The number of sulfonamides is 1. The SMILES string of the molecule is C#CCN(Cc1ccc(C)cc1)C(=O)c1cc(S(=O)(=O)N2CCOCC2)ccc1N1CCOCC1. The minimum atomic E-state index is -3.77. The summed E-state index contributed by atoms with van der Waals surface area (Å²) in [5.74, 6) is 2.27. The predicted octanol–water partition coefficient (Wildman–Crippen LogP) is 2.13. The molecule has 0 bridgehead atoms. The molecule has 2 aliphatic heterocycles. The lowest BCUT2D eigenvalue weighted by Crippen LogP contribution is -2.41. The highest BCUT2D eigenvalue weighted by molar-refractivity contribution is 7.89. The van der Waals surface area contributed by atoms with E-state index in [0.29, 0.717) is 57.3 Å². The van der Waals surface area contributed by atoms with Gasteiger partial charge in [-0.1, -0.05) is 35.7 Å². The van der Waals surface area contributed by atoms with Crippen molar-refractivity contribution in [3.63, 3.8) is 0 Å². The van der Waals surface area contributed by atoms with E-state index < -0.39 is 10.0 Å². The molecule has 2 aliphatic rings. The van der Waals surface area contributed by atoms with Crippen molar-refractivity contribution < 1.29 is 22.7 Å². The first-order valence-corrected chi connectivity index (χ1v) is 13.2. The van der Waals surface area contributed by atoms with Gasteiger partial charge in [-0.05, 0) is 30.7 Å². The Bertz CT molecular complexity index is 1180. The smallest absolute Gasteiger partial charge is 0.257 e. The first-order chi connectivity index (χ1) is 16.9. The Morgan fingerprint density at radius 3 is 2.26 bits per heavy atom. The molecule has 35 heavy (non-hydrogen) atoms. The van der Waals surface area contributed by atoms with Gasteiger partial charge in [0.15, 0.2) is 0 Å². The third-order valence-electron chi connectivity index (χ3n) is 6.22. The molecule has 0 radical (unpaired) electrons. The third-order valence-corrected chi connectivity index (χ3v) is 8.12. The van der Waals surface area contributed by atoms with Gasteiger partial charge in [0.05, 0.1) is 43.4 Å². The molecule has 1 amide bonds. The Morgan fingerprint density at radius 1 is 1.00 bits per heavy atom. The molecule has 0 atom stereocenters. The molecule has 0 aliphatic carbocycles. The number of nitrogens with zero attached hydrogens (tertiary/aromatic N) is 3. The average molecular weight is 498 g/mol. The number of terminal acetylenes is 1. The van der Waals surface area contributed by atoms with E-state index in [1.807, 2.05) is 31.2 Å². The van der Waals surface area contributed by atoms with Crippen molar-refractivity contribution in [1.29, 1.82) is 0 Å². The summed E-state index contributed by atoms with van der Waals surface area (Å²) in [4.78, 5) is 17.6. The van der Waals surface area contributed by atoms with Crippen molar-refractivity contribution in [1.82, 2.24) is 9.21 Å². The van der Waals surface area contributed by atoms with Crippen LogP contribution < -0.4 is 4.90 Å². The number of aryl methyl sites for hydroxylation is 1. The van der Waals surface area contributed by atoms with Gasteiger partial charge in [-0.25, -0.2) is 8.42 Å². The highest BCUT2D eigenvalue weighted by atomic mass is 32.2. The van der Waals surface area contributed by atoms with E-state index in [9.17, 15) is 13.2 Å². The molecule has 2 heterocycles. The van der Waals surface area contributed by atoms with Crippen LogP contribution in [0.25, 0.3) is 0 Å². The van der Waals surface area contributed by atoms with E-state index in [1.54, 1.807) is 17.0 Å². The van der Waals surface area contributed by atoms with Crippen molar-refractivity contribution in [3.8, 4) is 12.3 Å². The summed E-state index contributed by atoms with van der Waals surface area (Å²) < 4.78 is 38.9. The van der Waals surface area contributed by atoms with E-state index in [4.69, 9.17) is 15.9 Å². The molecular weight excluding hydrogens is 466 g/mol. The molecule has 4 rings (SSSR count). The van der Waals surface area contributed by atoms with Crippen molar-refractivity contribution in [2.24, 2.45) is 0 Å². The predicted molar refractivity (Wildman–Crippen MR) is 134 cm³/mol. The van der Waals surface area contributed by atoms with Crippen molar-refractivity contribution >= 4 is 21.6 Å². The van der Waals surface area contributed by atoms with Crippen LogP contribution in [0.5, 0.6) is 0 Å². The van der Waals surface area contributed by atoms with Gasteiger partial charge in [-0.15, -0.1) is 6.42 Å². The Morgan fingerprint density at radius 2 is 1.63 bits per heavy atom. The Labute approximate surface area is 207 Å². The summed E-state index contributed by atoms with van der Waals surface area (Å²) in [6.07, 6.45) is 5.62.